The molecule has 112 valence electrons. The highest BCUT2D eigenvalue weighted by Gasteiger charge is 2.03. The summed E-state index contributed by atoms with van der Waals surface area (Å²) >= 11 is 0. The Kier molecular flexibility index (Phi) is 5.31. The van der Waals surface area contributed by atoms with Crippen LogP contribution in [0.3, 0.4) is 0 Å². The number of H-pyrrole nitrogens is 1. The van der Waals surface area contributed by atoms with Gasteiger partial charge in [0.05, 0.1) is 0 Å². The van der Waals surface area contributed by atoms with Crippen molar-refractivity contribution >= 4 is 5.96 Å². The van der Waals surface area contributed by atoms with Gasteiger partial charge in [-0.1, -0.05) is 32.0 Å². The molecule has 0 atom stereocenters. The van der Waals surface area contributed by atoms with E-state index in [1.807, 2.05) is 12.1 Å². The Morgan fingerprint density at radius 3 is 2.86 bits per heavy atom. The zero-order valence-corrected chi connectivity index (χ0v) is 12.7. The zero-order chi connectivity index (χ0) is 15.1. The Balaban J connectivity index is 1.95. The molecule has 0 aliphatic heterocycles. The molecule has 0 bridgehead atoms. The van der Waals surface area contributed by atoms with Crippen LogP contribution in [0.4, 0.5) is 0 Å². The molecule has 1 aromatic heterocycles. The van der Waals surface area contributed by atoms with Gasteiger partial charge in [0.15, 0.2) is 11.8 Å². The molecule has 0 unspecified atom stereocenters. The number of benzene rings is 1. The van der Waals surface area contributed by atoms with Gasteiger partial charge in [-0.05, 0) is 17.5 Å². The Morgan fingerprint density at radius 1 is 1.33 bits per heavy atom. The summed E-state index contributed by atoms with van der Waals surface area (Å²) in [6, 6.07) is 8.18. The molecule has 0 radical (unpaired) electrons. The summed E-state index contributed by atoms with van der Waals surface area (Å²) in [6.45, 7) is 5.94. The Hall–Kier alpha value is -2.37. The number of rotatable bonds is 5. The van der Waals surface area contributed by atoms with Gasteiger partial charge in [-0.3, -0.25) is 10.1 Å². The molecule has 0 amide bonds. The predicted octanol–water partition coefficient (Wildman–Crippen LogP) is 1.79. The monoisotopic (exact) mass is 286 g/mol. The van der Waals surface area contributed by atoms with Gasteiger partial charge in [0.1, 0.15) is 6.33 Å². The molecule has 0 fully saturated rings. The van der Waals surface area contributed by atoms with Crippen molar-refractivity contribution < 1.29 is 0 Å². The van der Waals surface area contributed by atoms with E-state index in [0.717, 1.165) is 29.5 Å². The van der Waals surface area contributed by atoms with Crippen molar-refractivity contribution in [3.63, 3.8) is 0 Å². The highest BCUT2D eigenvalue weighted by molar-refractivity contribution is 5.79. The minimum atomic E-state index is 0.582. The first-order valence-electron chi connectivity index (χ1n) is 7.08. The normalized spacial score (nSPS) is 11.7. The second kappa shape index (κ2) is 7.42. The van der Waals surface area contributed by atoms with Gasteiger partial charge in [-0.2, -0.15) is 5.10 Å². The summed E-state index contributed by atoms with van der Waals surface area (Å²) < 4.78 is 0. The third kappa shape index (κ3) is 4.59. The van der Waals surface area contributed by atoms with Crippen molar-refractivity contribution in [3.8, 4) is 11.4 Å². The van der Waals surface area contributed by atoms with E-state index in [1.165, 1.54) is 6.33 Å². The van der Waals surface area contributed by atoms with Gasteiger partial charge in [0.25, 0.3) is 0 Å². The number of hydrogen-bond acceptors (Lipinski definition) is 3. The van der Waals surface area contributed by atoms with Crippen LogP contribution in [0.1, 0.15) is 19.4 Å². The number of nitrogens with one attached hydrogen (secondary N) is 3. The van der Waals surface area contributed by atoms with Gasteiger partial charge in [-0.25, -0.2) is 4.98 Å². The average Bonchev–Trinajstić information content (AvgIpc) is 3.02. The second-order valence-corrected chi connectivity index (χ2v) is 5.23. The van der Waals surface area contributed by atoms with Crippen molar-refractivity contribution in [3.05, 3.63) is 36.2 Å². The van der Waals surface area contributed by atoms with Crippen LogP contribution in [0.25, 0.3) is 11.4 Å². The summed E-state index contributed by atoms with van der Waals surface area (Å²) in [5.41, 5.74) is 2.19. The number of aliphatic imine (C=N–C) groups is 1. The first kappa shape index (κ1) is 15.0. The van der Waals surface area contributed by atoms with Crippen LogP contribution in [0.5, 0.6) is 0 Å². The molecule has 0 spiro atoms. The summed E-state index contributed by atoms with van der Waals surface area (Å²) in [5, 5.41) is 13.3. The van der Waals surface area contributed by atoms with E-state index in [2.05, 4.69) is 56.8 Å². The van der Waals surface area contributed by atoms with Gasteiger partial charge in [0, 0.05) is 25.7 Å². The van der Waals surface area contributed by atoms with E-state index in [0.29, 0.717) is 12.5 Å². The minimum absolute atomic E-state index is 0.582. The predicted molar refractivity (Wildman–Crippen MR) is 84.9 cm³/mol. The van der Waals surface area contributed by atoms with Gasteiger partial charge in [-0.15, -0.1) is 0 Å². The van der Waals surface area contributed by atoms with Crippen molar-refractivity contribution in [2.45, 2.75) is 20.4 Å². The van der Waals surface area contributed by atoms with E-state index >= 15 is 0 Å². The first-order valence-corrected chi connectivity index (χ1v) is 7.08. The molecular formula is C15H22N6. The molecule has 21 heavy (non-hydrogen) atoms. The molecular weight excluding hydrogens is 264 g/mol. The molecule has 3 N–H and O–H groups in total. The molecule has 0 aliphatic carbocycles. The largest absolute Gasteiger partial charge is 0.356 e. The van der Waals surface area contributed by atoms with Crippen LogP contribution in [0.2, 0.25) is 0 Å². The van der Waals surface area contributed by atoms with Crippen molar-refractivity contribution in [1.82, 2.24) is 25.8 Å². The summed E-state index contributed by atoms with van der Waals surface area (Å²) in [6.07, 6.45) is 1.51. The first-order chi connectivity index (χ1) is 10.2. The summed E-state index contributed by atoms with van der Waals surface area (Å²) in [7, 11) is 1.78. The molecule has 2 aromatic rings. The number of guanidine groups is 1. The van der Waals surface area contributed by atoms with Crippen molar-refractivity contribution in [2.24, 2.45) is 10.9 Å². The van der Waals surface area contributed by atoms with Crippen molar-refractivity contribution in [2.75, 3.05) is 13.6 Å². The Bertz CT molecular complexity index is 574. The highest BCUT2D eigenvalue weighted by Crippen LogP contribution is 2.15. The number of aromatic amines is 1. The molecule has 1 aromatic carbocycles. The fourth-order valence-electron chi connectivity index (χ4n) is 1.88. The lowest BCUT2D eigenvalue weighted by Gasteiger charge is -2.13. The molecule has 0 aliphatic rings. The Labute approximate surface area is 125 Å². The lowest BCUT2D eigenvalue weighted by Crippen LogP contribution is -2.38. The standard InChI is InChI=1S/C15H22N6/c1-11(2)8-17-15(16-3)18-9-12-5-4-6-13(7-12)14-19-10-20-21-14/h4-7,10-11H,8-9H2,1-3H3,(H2,16,17,18)(H,19,20,21). The maximum Gasteiger partial charge on any atom is 0.191 e. The fourth-order valence-corrected chi connectivity index (χ4v) is 1.88. The van der Waals surface area contributed by atoms with E-state index in [4.69, 9.17) is 0 Å². The lowest BCUT2D eigenvalue weighted by atomic mass is 10.1. The highest BCUT2D eigenvalue weighted by atomic mass is 15.2. The maximum absolute atomic E-state index is 4.21. The Morgan fingerprint density at radius 2 is 2.19 bits per heavy atom. The van der Waals surface area contributed by atoms with Crippen LogP contribution in [0.15, 0.2) is 35.6 Å². The van der Waals surface area contributed by atoms with Crippen LogP contribution < -0.4 is 10.6 Å². The lowest BCUT2D eigenvalue weighted by molar-refractivity contribution is 0.614. The van der Waals surface area contributed by atoms with Crippen LogP contribution in [-0.4, -0.2) is 34.7 Å². The third-order valence-electron chi connectivity index (χ3n) is 2.98. The number of aromatic nitrogens is 3. The smallest absolute Gasteiger partial charge is 0.191 e. The van der Waals surface area contributed by atoms with Gasteiger partial charge in [0.2, 0.25) is 0 Å². The topological polar surface area (TPSA) is 78.0 Å². The zero-order valence-electron chi connectivity index (χ0n) is 12.7. The van der Waals surface area contributed by atoms with Crippen LogP contribution >= 0.6 is 0 Å². The minimum Gasteiger partial charge on any atom is -0.356 e. The second-order valence-electron chi connectivity index (χ2n) is 5.23. The van der Waals surface area contributed by atoms with E-state index in [-0.39, 0.29) is 0 Å². The fraction of sp³-hybridized carbons (Fsp3) is 0.400. The van der Waals surface area contributed by atoms with Gasteiger partial charge >= 0.3 is 0 Å². The van der Waals surface area contributed by atoms with Crippen LogP contribution in [0, 0.1) is 5.92 Å². The third-order valence-corrected chi connectivity index (χ3v) is 2.98. The van der Waals surface area contributed by atoms with E-state index in [9.17, 15) is 0 Å². The molecule has 6 heteroatoms. The number of hydrogen-bond donors (Lipinski definition) is 3. The molecule has 0 saturated heterocycles. The number of nitrogens with zero attached hydrogens (tertiary/aromatic N) is 3. The van der Waals surface area contributed by atoms with Crippen molar-refractivity contribution in [1.29, 1.82) is 0 Å². The van der Waals surface area contributed by atoms with Crippen LogP contribution in [-0.2, 0) is 6.54 Å². The SMILES string of the molecule is CN=C(NCc1cccc(-c2ncn[nH]2)c1)NCC(C)C. The van der Waals surface area contributed by atoms with Gasteiger partial charge < -0.3 is 10.6 Å². The summed E-state index contributed by atoms with van der Waals surface area (Å²) in [5.74, 6) is 2.17. The average molecular weight is 286 g/mol. The molecule has 1 heterocycles. The molecule has 6 nitrogen and oxygen atoms in total. The maximum atomic E-state index is 4.21. The van der Waals surface area contributed by atoms with E-state index in [1.54, 1.807) is 7.05 Å². The molecule has 0 saturated carbocycles. The van der Waals surface area contributed by atoms with E-state index < -0.39 is 0 Å². The summed E-state index contributed by atoms with van der Waals surface area (Å²) in [4.78, 5) is 8.38. The quantitative estimate of drug-likeness (QED) is 0.578. The molecule has 2 rings (SSSR count).